The predicted molar refractivity (Wildman–Crippen MR) is 76.2 cm³/mol. The zero-order valence-corrected chi connectivity index (χ0v) is 12.2. The smallest absolute Gasteiger partial charge is 0.230 e. The molecule has 1 aliphatic rings. The summed E-state index contributed by atoms with van der Waals surface area (Å²) >= 11 is 1.43. The van der Waals surface area contributed by atoms with Crippen molar-refractivity contribution in [2.75, 3.05) is 5.75 Å². The molecular weight excluding hydrogens is 260 g/mol. The highest BCUT2D eigenvalue weighted by Gasteiger charge is 2.30. The monoisotopic (exact) mass is 280 g/mol. The van der Waals surface area contributed by atoms with Crippen LogP contribution >= 0.6 is 11.8 Å². The predicted octanol–water partition coefficient (Wildman–Crippen LogP) is 1.96. The molecule has 0 aliphatic heterocycles. The van der Waals surface area contributed by atoms with Crippen molar-refractivity contribution in [1.29, 1.82) is 0 Å². The first-order chi connectivity index (χ1) is 9.11. The normalized spacial score (nSPS) is 14.7. The van der Waals surface area contributed by atoms with Crippen molar-refractivity contribution in [1.82, 2.24) is 20.1 Å². The third-order valence-electron chi connectivity index (χ3n) is 2.78. The molecule has 0 radical (unpaired) electrons. The molecule has 0 bridgehead atoms. The highest BCUT2D eigenvalue weighted by atomic mass is 32.2. The summed E-state index contributed by atoms with van der Waals surface area (Å²) < 4.78 is 2.07. The Kier molecular flexibility index (Phi) is 4.63. The lowest BCUT2D eigenvalue weighted by Gasteiger charge is -2.09. The molecule has 5 nitrogen and oxygen atoms in total. The summed E-state index contributed by atoms with van der Waals surface area (Å²) in [5.74, 6) is 1.98. The van der Waals surface area contributed by atoms with E-state index >= 15 is 0 Å². The first-order valence-electron chi connectivity index (χ1n) is 6.58. The van der Waals surface area contributed by atoms with E-state index in [9.17, 15) is 4.79 Å². The fraction of sp³-hybridized carbons (Fsp3) is 0.615. The molecule has 0 aromatic carbocycles. The Morgan fingerprint density at radius 2 is 2.32 bits per heavy atom. The second-order valence-electron chi connectivity index (χ2n) is 5.03. The van der Waals surface area contributed by atoms with Gasteiger partial charge >= 0.3 is 0 Å². The van der Waals surface area contributed by atoms with Gasteiger partial charge in [0.1, 0.15) is 5.82 Å². The number of hydrogen-bond acceptors (Lipinski definition) is 4. The van der Waals surface area contributed by atoms with Crippen LogP contribution in [0.15, 0.2) is 17.8 Å². The number of aromatic nitrogens is 3. The zero-order valence-electron chi connectivity index (χ0n) is 11.4. The highest BCUT2D eigenvalue weighted by Crippen LogP contribution is 2.39. The van der Waals surface area contributed by atoms with Crippen LogP contribution < -0.4 is 5.32 Å². The van der Waals surface area contributed by atoms with Crippen LogP contribution in [0, 0.1) is 0 Å². The van der Waals surface area contributed by atoms with Gasteiger partial charge in [-0.15, -0.1) is 16.8 Å². The van der Waals surface area contributed by atoms with Crippen molar-refractivity contribution in [2.45, 2.75) is 50.4 Å². The first kappa shape index (κ1) is 14.1. The van der Waals surface area contributed by atoms with E-state index in [2.05, 4.69) is 26.7 Å². The van der Waals surface area contributed by atoms with Crippen LogP contribution in [0.25, 0.3) is 0 Å². The van der Waals surface area contributed by atoms with Gasteiger partial charge in [0.2, 0.25) is 5.91 Å². The van der Waals surface area contributed by atoms with Crippen molar-refractivity contribution >= 4 is 17.7 Å². The third kappa shape index (κ3) is 3.83. The maximum atomic E-state index is 11.6. The number of rotatable bonds is 7. The van der Waals surface area contributed by atoms with Crippen molar-refractivity contribution in [3.63, 3.8) is 0 Å². The van der Waals surface area contributed by atoms with Crippen LogP contribution in [0.2, 0.25) is 0 Å². The molecule has 1 aromatic heterocycles. The van der Waals surface area contributed by atoms with Gasteiger partial charge < -0.3 is 9.88 Å². The molecule has 1 saturated carbocycles. The van der Waals surface area contributed by atoms with Crippen LogP contribution in [-0.4, -0.2) is 32.5 Å². The van der Waals surface area contributed by atoms with Gasteiger partial charge in [0.25, 0.3) is 0 Å². The van der Waals surface area contributed by atoms with Gasteiger partial charge in [-0.1, -0.05) is 17.8 Å². The number of nitrogens with one attached hydrogen (secondary N) is 1. The fourth-order valence-electron chi connectivity index (χ4n) is 1.84. The van der Waals surface area contributed by atoms with E-state index in [-0.39, 0.29) is 11.9 Å². The molecule has 0 unspecified atom stereocenters. The van der Waals surface area contributed by atoms with E-state index < -0.39 is 0 Å². The second kappa shape index (κ2) is 6.23. The Labute approximate surface area is 117 Å². The molecule has 1 fully saturated rings. The number of carbonyl (C=O) groups excluding carboxylic acids is 1. The zero-order chi connectivity index (χ0) is 13.8. The minimum atomic E-state index is 0.0288. The van der Waals surface area contributed by atoms with E-state index in [1.807, 2.05) is 19.9 Å². The van der Waals surface area contributed by atoms with Crippen LogP contribution in [0.3, 0.4) is 0 Å². The van der Waals surface area contributed by atoms with Gasteiger partial charge in [-0.3, -0.25) is 4.79 Å². The molecule has 19 heavy (non-hydrogen) atoms. The maximum absolute atomic E-state index is 11.6. The highest BCUT2D eigenvalue weighted by molar-refractivity contribution is 7.99. The lowest BCUT2D eigenvalue weighted by atomic mass is 10.4. The quantitative estimate of drug-likeness (QED) is 0.612. The minimum absolute atomic E-state index is 0.0288. The Balaban J connectivity index is 1.99. The molecule has 1 amide bonds. The average Bonchev–Trinajstić information content (AvgIpc) is 3.10. The summed E-state index contributed by atoms with van der Waals surface area (Å²) in [6.07, 6.45) is 4.22. The van der Waals surface area contributed by atoms with Gasteiger partial charge in [0.15, 0.2) is 5.16 Å². The molecule has 1 aliphatic carbocycles. The van der Waals surface area contributed by atoms with Crippen LogP contribution in [0.1, 0.15) is 38.4 Å². The third-order valence-corrected chi connectivity index (χ3v) is 3.75. The van der Waals surface area contributed by atoms with Gasteiger partial charge in [-0.25, -0.2) is 0 Å². The minimum Gasteiger partial charge on any atom is -0.353 e. The number of thioether (sulfide) groups is 1. The number of allylic oxidation sites excluding steroid dienone is 1. The second-order valence-corrected chi connectivity index (χ2v) is 5.97. The lowest BCUT2D eigenvalue weighted by Crippen LogP contribution is -2.31. The molecule has 0 saturated heterocycles. The molecule has 2 rings (SSSR count). The van der Waals surface area contributed by atoms with E-state index in [0.717, 1.165) is 11.0 Å². The summed E-state index contributed by atoms with van der Waals surface area (Å²) in [7, 11) is 0. The summed E-state index contributed by atoms with van der Waals surface area (Å²) in [5.41, 5.74) is 0. The van der Waals surface area contributed by atoms with Crippen LogP contribution in [0.5, 0.6) is 0 Å². The molecule has 104 valence electrons. The molecule has 1 N–H and O–H groups in total. The number of nitrogens with zero attached hydrogens (tertiary/aromatic N) is 3. The van der Waals surface area contributed by atoms with Crippen molar-refractivity contribution < 1.29 is 4.79 Å². The van der Waals surface area contributed by atoms with Crippen molar-refractivity contribution in [3.05, 3.63) is 18.5 Å². The summed E-state index contributed by atoms with van der Waals surface area (Å²) in [5, 5.41) is 12.1. The van der Waals surface area contributed by atoms with E-state index in [0.29, 0.717) is 18.2 Å². The number of hydrogen-bond donors (Lipinski definition) is 1. The van der Waals surface area contributed by atoms with Crippen LogP contribution in [0.4, 0.5) is 0 Å². The Morgan fingerprint density at radius 3 is 2.89 bits per heavy atom. The van der Waals surface area contributed by atoms with Crippen molar-refractivity contribution in [2.24, 2.45) is 0 Å². The van der Waals surface area contributed by atoms with E-state index in [1.165, 1.54) is 24.6 Å². The molecular formula is C13H20N4OS. The fourth-order valence-corrected chi connectivity index (χ4v) is 2.61. The molecule has 1 heterocycles. The molecule has 1 aromatic rings. The number of carbonyl (C=O) groups is 1. The van der Waals surface area contributed by atoms with Crippen molar-refractivity contribution in [3.8, 4) is 0 Å². The Hall–Kier alpha value is -1.30. The Bertz CT molecular complexity index is 465. The summed E-state index contributed by atoms with van der Waals surface area (Å²) in [6, 6.07) is 0.168. The largest absolute Gasteiger partial charge is 0.353 e. The Morgan fingerprint density at radius 1 is 1.58 bits per heavy atom. The number of amides is 1. The standard InChI is InChI=1S/C13H20N4OS/c1-4-7-17-12(10-5-6-10)15-16-13(17)19-8-11(18)14-9(2)3/h4,9-10H,1,5-8H2,2-3H3,(H,14,18). The van der Waals surface area contributed by atoms with Gasteiger partial charge in [0.05, 0.1) is 5.75 Å². The average molecular weight is 280 g/mol. The molecule has 0 spiro atoms. The van der Waals surface area contributed by atoms with E-state index in [1.54, 1.807) is 0 Å². The summed E-state index contributed by atoms with van der Waals surface area (Å²) in [6.45, 7) is 8.37. The van der Waals surface area contributed by atoms with Crippen LogP contribution in [-0.2, 0) is 11.3 Å². The topological polar surface area (TPSA) is 59.8 Å². The molecule has 6 heteroatoms. The van der Waals surface area contributed by atoms with E-state index in [4.69, 9.17) is 0 Å². The SMILES string of the molecule is C=CCn1c(SCC(=O)NC(C)C)nnc1C1CC1. The maximum Gasteiger partial charge on any atom is 0.230 e. The lowest BCUT2D eigenvalue weighted by molar-refractivity contribution is -0.119. The first-order valence-corrected chi connectivity index (χ1v) is 7.56. The van der Waals surface area contributed by atoms with Gasteiger partial charge in [-0.2, -0.15) is 0 Å². The summed E-state index contributed by atoms with van der Waals surface area (Å²) in [4.78, 5) is 11.6. The molecule has 0 atom stereocenters. The van der Waals surface area contributed by atoms with Gasteiger partial charge in [-0.05, 0) is 26.7 Å². The van der Waals surface area contributed by atoms with Gasteiger partial charge in [0, 0.05) is 18.5 Å².